The van der Waals surface area contributed by atoms with Crippen LogP contribution in [-0.2, 0) is 12.8 Å². The zero-order valence-corrected chi connectivity index (χ0v) is 16.6. The van der Waals surface area contributed by atoms with Crippen LogP contribution in [-0.4, -0.2) is 25.9 Å². The van der Waals surface area contributed by atoms with E-state index in [0.717, 1.165) is 42.3 Å². The maximum atomic E-state index is 6.27. The summed E-state index contributed by atoms with van der Waals surface area (Å²) in [5, 5.41) is 0. The zero-order valence-electron chi connectivity index (χ0n) is 16.6. The number of benzene rings is 2. The number of fused-ring (bicyclic) bond motifs is 3. The van der Waals surface area contributed by atoms with Gasteiger partial charge in [0.2, 0.25) is 0 Å². The van der Waals surface area contributed by atoms with Crippen molar-refractivity contribution < 1.29 is 18.9 Å². The summed E-state index contributed by atoms with van der Waals surface area (Å²) in [6.07, 6.45) is 2.95. The SMILES string of the molecule is CCOc1ccc(C2COc3c(ccc4c3CCC(C)(C)O4)C2)c(OC)c1. The zero-order chi connectivity index (χ0) is 19.0. The van der Waals surface area contributed by atoms with Gasteiger partial charge in [0.1, 0.15) is 28.6 Å². The van der Waals surface area contributed by atoms with Gasteiger partial charge in [0.15, 0.2) is 0 Å². The molecule has 1 atom stereocenters. The molecule has 4 heteroatoms. The van der Waals surface area contributed by atoms with Crippen LogP contribution in [0.15, 0.2) is 30.3 Å². The van der Waals surface area contributed by atoms with E-state index in [0.29, 0.717) is 13.2 Å². The molecule has 2 heterocycles. The molecule has 2 aromatic rings. The van der Waals surface area contributed by atoms with Crippen LogP contribution in [0.4, 0.5) is 0 Å². The minimum Gasteiger partial charge on any atom is -0.496 e. The summed E-state index contributed by atoms with van der Waals surface area (Å²) in [6.45, 7) is 7.57. The Morgan fingerprint density at radius 2 is 2.04 bits per heavy atom. The van der Waals surface area contributed by atoms with E-state index in [1.165, 1.54) is 16.7 Å². The Kier molecular flexibility index (Phi) is 4.67. The average Bonchev–Trinajstić information content (AvgIpc) is 2.66. The average molecular weight is 368 g/mol. The summed E-state index contributed by atoms with van der Waals surface area (Å²) in [5.41, 5.74) is 3.54. The predicted molar refractivity (Wildman–Crippen MR) is 106 cm³/mol. The lowest BCUT2D eigenvalue weighted by molar-refractivity contribution is 0.0826. The van der Waals surface area contributed by atoms with E-state index in [-0.39, 0.29) is 11.5 Å². The monoisotopic (exact) mass is 368 g/mol. The molecule has 0 radical (unpaired) electrons. The maximum Gasteiger partial charge on any atom is 0.129 e. The van der Waals surface area contributed by atoms with Crippen LogP contribution in [0.5, 0.6) is 23.0 Å². The summed E-state index contributed by atoms with van der Waals surface area (Å²) in [7, 11) is 1.71. The Labute approximate surface area is 161 Å². The van der Waals surface area contributed by atoms with Gasteiger partial charge >= 0.3 is 0 Å². The second-order valence-corrected chi connectivity index (χ2v) is 7.94. The van der Waals surface area contributed by atoms with Crippen molar-refractivity contribution in [2.24, 2.45) is 0 Å². The molecule has 144 valence electrons. The van der Waals surface area contributed by atoms with Crippen LogP contribution in [0.3, 0.4) is 0 Å². The van der Waals surface area contributed by atoms with Gasteiger partial charge in [0.05, 0.1) is 20.3 Å². The highest BCUT2D eigenvalue weighted by Gasteiger charge is 2.32. The number of hydrogen-bond acceptors (Lipinski definition) is 4. The normalized spacial score (nSPS) is 19.9. The van der Waals surface area contributed by atoms with E-state index >= 15 is 0 Å². The molecule has 0 aromatic heterocycles. The Morgan fingerprint density at radius 3 is 2.81 bits per heavy atom. The molecule has 4 rings (SSSR count). The molecule has 0 saturated carbocycles. The van der Waals surface area contributed by atoms with Gasteiger partial charge in [-0.3, -0.25) is 0 Å². The van der Waals surface area contributed by atoms with Crippen LogP contribution in [0.25, 0.3) is 0 Å². The number of hydrogen-bond donors (Lipinski definition) is 0. The molecule has 0 spiro atoms. The topological polar surface area (TPSA) is 36.9 Å². The first kappa shape index (κ1) is 18.0. The fourth-order valence-corrected chi connectivity index (χ4v) is 4.10. The van der Waals surface area contributed by atoms with Crippen molar-refractivity contribution in [2.45, 2.75) is 51.6 Å². The van der Waals surface area contributed by atoms with Gasteiger partial charge in [-0.1, -0.05) is 12.1 Å². The van der Waals surface area contributed by atoms with Crippen molar-refractivity contribution in [3.8, 4) is 23.0 Å². The van der Waals surface area contributed by atoms with Gasteiger partial charge in [-0.15, -0.1) is 0 Å². The lowest BCUT2D eigenvalue weighted by Crippen LogP contribution is -2.33. The van der Waals surface area contributed by atoms with Gasteiger partial charge in [-0.2, -0.15) is 0 Å². The van der Waals surface area contributed by atoms with Crippen molar-refractivity contribution in [2.75, 3.05) is 20.3 Å². The van der Waals surface area contributed by atoms with Gasteiger partial charge in [0.25, 0.3) is 0 Å². The van der Waals surface area contributed by atoms with Gasteiger partial charge < -0.3 is 18.9 Å². The second-order valence-electron chi connectivity index (χ2n) is 7.94. The molecule has 0 bridgehead atoms. The largest absolute Gasteiger partial charge is 0.496 e. The molecule has 1 unspecified atom stereocenters. The molecule has 0 fully saturated rings. The molecule has 0 N–H and O–H groups in total. The summed E-state index contributed by atoms with van der Waals surface area (Å²) in [6, 6.07) is 10.3. The Bertz CT molecular complexity index is 841. The van der Waals surface area contributed by atoms with Crippen molar-refractivity contribution in [3.63, 3.8) is 0 Å². The van der Waals surface area contributed by atoms with Gasteiger partial charge in [0, 0.05) is 23.1 Å². The van der Waals surface area contributed by atoms with Crippen LogP contribution >= 0.6 is 0 Å². The van der Waals surface area contributed by atoms with E-state index in [1.54, 1.807) is 7.11 Å². The van der Waals surface area contributed by atoms with E-state index in [2.05, 4.69) is 32.0 Å². The fraction of sp³-hybridized carbons (Fsp3) is 0.478. The molecule has 2 aromatic carbocycles. The highest BCUT2D eigenvalue weighted by atomic mass is 16.5. The molecule has 0 saturated heterocycles. The molecule has 27 heavy (non-hydrogen) atoms. The molecule has 0 amide bonds. The molecule has 4 nitrogen and oxygen atoms in total. The Balaban J connectivity index is 1.61. The van der Waals surface area contributed by atoms with E-state index in [1.807, 2.05) is 19.1 Å². The van der Waals surface area contributed by atoms with Crippen molar-refractivity contribution in [1.82, 2.24) is 0 Å². The van der Waals surface area contributed by atoms with Gasteiger partial charge in [-0.05, 0) is 57.7 Å². The lowest BCUT2D eigenvalue weighted by Gasteiger charge is -2.36. The van der Waals surface area contributed by atoms with Crippen LogP contribution in [0.1, 0.15) is 49.8 Å². The third kappa shape index (κ3) is 3.45. The summed E-state index contributed by atoms with van der Waals surface area (Å²) >= 11 is 0. The molecule has 0 aliphatic carbocycles. The summed E-state index contributed by atoms with van der Waals surface area (Å²) < 4.78 is 23.7. The smallest absolute Gasteiger partial charge is 0.129 e. The summed E-state index contributed by atoms with van der Waals surface area (Å²) in [5.74, 6) is 3.97. The van der Waals surface area contributed by atoms with Crippen LogP contribution in [0, 0.1) is 0 Å². The first-order valence-corrected chi connectivity index (χ1v) is 9.78. The highest BCUT2D eigenvalue weighted by Crippen LogP contribution is 2.45. The van der Waals surface area contributed by atoms with E-state index in [9.17, 15) is 0 Å². The van der Waals surface area contributed by atoms with E-state index in [4.69, 9.17) is 18.9 Å². The summed E-state index contributed by atoms with van der Waals surface area (Å²) in [4.78, 5) is 0. The van der Waals surface area contributed by atoms with Crippen LogP contribution in [0.2, 0.25) is 0 Å². The van der Waals surface area contributed by atoms with Crippen LogP contribution < -0.4 is 18.9 Å². The highest BCUT2D eigenvalue weighted by molar-refractivity contribution is 5.54. The number of ether oxygens (including phenoxy) is 4. The third-order valence-corrected chi connectivity index (χ3v) is 5.51. The minimum absolute atomic E-state index is 0.103. The Morgan fingerprint density at radius 1 is 1.19 bits per heavy atom. The second kappa shape index (κ2) is 6.99. The van der Waals surface area contributed by atoms with Gasteiger partial charge in [-0.25, -0.2) is 0 Å². The Hall–Kier alpha value is -2.36. The fourth-order valence-electron chi connectivity index (χ4n) is 4.10. The minimum atomic E-state index is -0.103. The van der Waals surface area contributed by atoms with Crippen molar-refractivity contribution in [1.29, 1.82) is 0 Å². The number of rotatable bonds is 4. The lowest BCUT2D eigenvalue weighted by atomic mass is 9.86. The molecule has 2 aliphatic heterocycles. The maximum absolute atomic E-state index is 6.27. The van der Waals surface area contributed by atoms with E-state index < -0.39 is 0 Å². The quantitative estimate of drug-likeness (QED) is 0.768. The number of methoxy groups -OCH3 is 1. The van der Waals surface area contributed by atoms with Crippen molar-refractivity contribution in [3.05, 3.63) is 47.0 Å². The third-order valence-electron chi connectivity index (χ3n) is 5.51. The predicted octanol–water partition coefficient (Wildman–Crippen LogP) is 4.92. The molecular weight excluding hydrogens is 340 g/mol. The first-order valence-electron chi connectivity index (χ1n) is 9.78. The van der Waals surface area contributed by atoms with Crippen molar-refractivity contribution >= 4 is 0 Å². The molecular formula is C23H28O4. The molecule has 2 aliphatic rings. The first-order chi connectivity index (χ1) is 13.0. The standard InChI is InChI=1S/C23H28O4/c1-5-25-17-7-8-18(21(13-17)24-4)16-12-15-6-9-20-19(22(15)26-14-16)10-11-23(2,3)27-20/h6-9,13,16H,5,10-12,14H2,1-4H3.